The molecule has 3 aromatic heterocycles. The topological polar surface area (TPSA) is 73.0 Å². The van der Waals surface area contributed by atoms with Crippen molar-refractivity contribution >= 4 is 29.0 Å². The van der Waals surface area contributed by atoms with Gasteiger partial charge in [0, 0.05) is 10.6 Å². The largest absolute Gasteiger partial charge is 0.461 e. The summed E-state index contributed by atoms with van der Waals surface area (Å²) in [4.78, 5) is 14.1. The van der Waals surface area contributed by atoms with Crippen LogP contribution >= 0.6 is 23.1 Å². The Morgan fingerprint density at radius 2 is 1.85 bits per heavy atom. The fourth-order valence-electron chi connectivity index (χ4n) is 3.60. The van der Waals surface area contributed by atoms with E-state index in [0.29, 0.717) is 16.7 Å². The van der Waals surface area contributed by atoms with Crippen LogP contribution in [0.5, 0.6) is 0 Å². The number of amides is 1. The number of aromatic nitrogens is 3. The van der Waals surface area contributed by atoms with Gasteiger partial charge < -0.3 is 9.73 Å². The zero-order chi connectivity index (χ0) is 23.3. The van der Waals surface area contributed by atoms with E-state index in [-0.39, 0.29) is 17.7 Å². The number of nitrogens with zero attached hydrogens (tertiary/aromatic N) is 3. The average molecular weight is 487 g/mol. The first kappa shape index (κ1) is 22.2. The highest BCUT2D eigenvalue weighted by Crippen LogP contribution is 2.29. The van der Waals surface area contributed by atoms with Gasteiger partial charge in [-0.15, -0.1) is 21.5 Å². The van der Waals surface area contributed by atoms with Gasteiger partial charge in [0.2, 0.25) is 11.7 Å². The molecule has 0 bridgehead atoms. The molecule has 0 saturated carbocycles. The van der Waals surface area contributed by atoms with Crippen LogP contribution in [-0.4, -0.2) is 26.4 Å². The standard InChI is InChI=1S/C26H22N4O2S2/c1-18-11-13-19(14-12-18)24(22-10-6-16-33-22)27-23(31)17-34-26-29-28-25(21-9-5-15-32-21)30(26)20-7-3-2-4-8-20/h2-16,24H,17H2,1H3,(H,27,31). The molecule has 34 heavy (non-hydrogen) atoms. The second-order valence-electron chi connectivity index (χ2n) is 7.67. The van der Waals surface area contributed by atoms with E-state index in [9.17, 15) is 4.79 Å². The lowest BCUT2D eigenvalue weighted by Crippen LogP contribution is -2.30. The second-order valence-corrected chi connectivity index (χ2v) is 9.59. The Hall–Kier alpha value is -3.62. The molecule has 6 nitrogen and oxygen atoms in total. The SMILES string of the molecule is Cc1ccc(C(NC(=O)CSc2nnc(-c3ccco3)n2-c2ccccc2)c2cccs2)cc1. The van der Waals surface area contributed by atoms with Crippen molar-refractivity contribution in [2.45, 2.75) is 18.1 Å². The molecule has 0 spiro atoms. The maximum Gasteiger partial charge on any atom is 0.231 e. The quantitative estimate of drug-likeness (QED) is 0.277. The van der Waals surface area contributed by atoms with Gasteiger partial charge in [-0.2, -0.15) is 0 Å². The van der Waals surface area contributed by atoms with Crippen LogP contribution < -0.4 is 5.32 Å². The van der Waals surface area contributed by atoms with Crippen molar-refractivity contribution in [1.82, 2.24) is 20.1 Å². The summed E-state index contributed by atoms with van der Waals surface area (Å²) in [7, 11) is 0. The predicted octanol–water partition coefficient (Wildman–Crippen LogP) is 5.90. The summed E-state index contributed by atoms with van der Waals surface area (Å²) >= 11 is 2.97. The Bertz CT molecular complexity index is 1350. The summed E-state index contributed by atoms with van der Waals surface area (Å²) in [6, 6.07) is 25.6. The van der Waals surface area contributed by atoms with Crippen molar-refractivity contribution in [3.05, 3.63) is 107 Å². The minimum Gasteiger partial charge on any atom is -0.461 e. The van der Waals surface area contributed by atoms with Crippen LogP contribution in [-0.2, 0) is 4.79 Å². The number of aryl methyl sites for hydroxylation is 1. The minimum absolute atomic E-state index is 0.0777. The Balaban J connectivity index is 1.36. The molecule has 0 aliphatic carbocycles. The number of para-hydroxylation sites is 1. The molecule has 3 heterocycles. The Morgan fingerprint density at radius 1 is 1.03 bits per heavy atom. The minimum atomic E-state index is -0.195. The number of hydrogen-bond acceptors (Lipinski definition) is 6. The first-order chi connectivity index (χ1) is 16.7. The third-order valence-electron chi connectivity index (χ3n) is 5.27. The van der Waals surface area contributed by atoms with E-state index in [1.165, 1.54) is 17.3 Å². The van der Waals surface area contributed by atoms with Crippen LogP contribution in [0.3, 0.4) is 0 Å². The van der Waals surface area contributed by atoms with Crippen LogP contribution in [0.4, 0.5) is 0 Å². The second kappa shape index (κ2) is 10.1. The average Bonchev–Trinajstić information content (AvgIpc) is 3.64. The molecular formula is C26H22N4O2S2. The Kier molecular flexibility index (Phi) is 6.60. The molecule has 1 unspecified atom stereocenters. The number of benzene rings is 2. The van der Waals surface area contributed by atoms with Gasteiger partial charge in [0.15, 0.2) is 10.9 Å². The lowest BCUT2D eigenvalue weighted by molar-refractivity contribution is -0.119. The van der Waals surface area contributed by atoms with Gasteiger partial charge in [-0.1, -0.05) is 65.9 Å². The number of thiophene rings is 1. The van der Waals surface area contributed by atoms with Crippen LogP contribution in [0.1, 0.15) is 22.0 Å². The molecule has 1 amide bonds. The number of carbonyl (C=O) groups excluding carboxylic acids is 1. The molecule has 8 heteroatoms. The molecule has 5 rings (SSSR count). The zero-order valence-corrected chi connectivity index (χ0v) is 20.1. The maximum atomic E-state index is 13.0. The van der Waals surface area contributed by atoms with Crippen LogP contribution in [0.25, 0.3) is 17.3 Å². The molecule has 0 radical (unpaired) electrons. The highest BCUT2D eigenvalue weighted by Gasteiger charge is 2.21. The number of hydrogen-bond donors (Lipinski definition) is 1. The van der Waals surface area contributed by atoms with Crippen molar-refractivity contribution in [1.29, 1.82) is 0 Å². The van der Waals surface area contributed by atoms with Crippen LogP contribution in [0, 0.1) is 6.92 Å². The summed E-state index contributed by atoms with van der Waals surface area (Å²) in [5.74, 6) is 1.34. The van der Waals surface area contributed by atoms with Gasteiger partial charge in [0.25, 0.3) is 0 Å². The third kappa shape index (κ3) is 4.83. The molecule has 2 aromatic carbocycles. The Labute approximate surface area is 205 Å². The van der Waals surface area contributed by atoms with Crippen molar-refractivity contribution in [2.24, 2.45) is 0 Å². The van der Waals surface area contributed by atoms with Gasteiger partial charge in [0.1, 0.15) is 0 Å². The molecule has 1 atom stereocenters. The van der Waals surface area contributed by atoms with Crippen LogP contribution in [0.15, 0.2) is 100 Å². The van der Waals surface area contributed by atoms with Crippen molar-refractivity contribution in [3.8, 4) is 17.3 Å². The van der Waals surface area contributed by atoms with E-state index < -0.39 is 0 Å². The first-order valence-electron chi connectivity index (χ1n) is 10.8. The monoisotopic (exact) mass is 486 g/mol. The van der Waals surface area contributed by atoms with Crippen molar-refractivity contribution in [2.75, 3.05) is 5.75 Å². The molecule has 0 saturated heterocycles. The summed E-state index contributed by atoms with van der Waals surface area (Å²) in [5.41, 5.74) is 3.14. The first-order valence-corrected chi connectivity index (χ1v) is 12.6. The lowest BCUT2D eigenvalue weighted by atomic mass is 10.0. The van der Waals surface area contributed by atoms with Gasteiger partial charge in [-0.3, -0.25) is 9.36 Å². The van der Waals surface area contributed by atoms with Gasteiger partial charge in [0.05, 0.1) is 18.1 Å². The highest BCUT2D eigenvalue weighted by atomic mass is 32.2. The number of carbonyl (C=O) groups is 1. The fraction of sp³-hybridized carbons (Fsp3) is 0.115. The summed E-state index contributed by atoms with van der Waals surface area (Å²) in [5, 5.41) is 14.5. The summed E-state index contributed by atoms with van der Waals surface area (Å²) in [6.45, 7) is 2.05. The molecule has 0 fully saturated rings. The zero-order valence-electron chi connectivity index (χ0n) is 18.4. The Morgan fingerprint density at radius 3 is 2.56 bits per heavy atom. The number of furan rings is 1. The smallest absolute Gasteiger partial charge is 0.231 e. The van der Waals surface area contributed by atoms with E-state index in [1.807, 2.05) is 64.5 Å². The van der Waals surface area contributed by atoms with Gasteiger partial charge >= 0.3 is 0 Å². The summed E-state index contributed by atoms with van der Waals surface area (Å²) in [6.07, 6.45) is 1.61. The van der Waals surface area contributed by atoms with E-state index in [0.717, 1.165) is 16.1 Å². The van der Waals surface area contributed by atoms with Crippen molar-refractivity contribution < 1.29 is 9.21 Å². The van der Waals surface area contributed by atoms with Gasteiger partial charge in [-0.25, -0.2) is 0 Å². The molecule has 0 aliphatic rings. The number of nitrogens with one attached hydrogen (secondary N) is 1. The van der Waals surface area contributed by atoms with E-state index in [2.05, 4.69) is 46.7 Å². The third-order valence-corrected chi connectivity index (χ3v) is 7.13. The number of thioether (sulfide) groups is 1. The lowest BCUT2D eigenvalue weighted by Gasteiger charge is -2.18. The summed E-state index contributed by atoms with van der Waals surface area (Å²) < 4.78 is 7.47. The van der Waals surface area contributed by atoms with Crippen LogP contribution in [0.2, 0.25) is 0 Å². The normalized spacial score (nSPS) is 11.9. The maximum absolute atomic E-state index is 13.0. The van der Waals surface area contributed by atoms with E-state index >= 15 is 0 Å². The molecule has 1 N–H and O–H groups in total. The highest BCUT2D eigenvalue weighted by molar-refractivity contribution is 7.99. The number of rotatable bonds is 8. The fourth-order valence-corrected chi connectivity index (χ4v) is 5.17. The molecule has 5 aromatic rings. The molecular weight excluding hydrogens is 464 g/mol. The molecule has 170 valence electrons. The predicted molar refractivity (Wildman–Crippen MR) is 135 cm³/mol. The van der Waals surface area contributed by atoms with Gasteiger partial charge in [-0.05, 0) is 48.2 Å². The molecule has 0 aliphatic heterocycles. The van der Waals surface area contributed by atoms with E-state index in [4.69, 9.17) is 4.42 Å². The van der Waals surface area contributed by atoms with Crippen molar-refractivity contribution in [3.63, 3.8) is 0 Å². The van der Waals surface area contributed by atoms with E-state index in [1.54, 1.807) is 17.6 Å².